The van der Waals surface area contributed by atoms with Gasteiger partial charge in [-0.3, -0.25) is 0 Å². The largest absolute Gasteiger partial charge is 0.389 e. The van der Waals surface area contributed by atoms with Crippen molar-refractivity contribution in [3.8, 4) is 11.8 Å². The van der Waals surface area contributed by atoms with Gasteiger partial charge in [-0.05, 0) is 29.2 Å². The second kappa shape index (κ2) is 3.46. The molecule has 0 spiro atoms. The van der Waals surface area contributed by atoms with Gasteiger partial charge < -0.3 is 5.73 Å². The van der Waals surface area contributed by atoms with Crippen LogP contribution < -0.4 is 5.73 Å². The SMILES string of the molecule is Nc1cc(C2=CC=CC#CC2)ns1. The lowest BCUT2D eigenvalue weighted by Gasteiger charge is -1.95. The van der Waals surface area contributed by atoms with Gasteiger partial charge in [0.25, 0.3) is 0 Å². The first-order valence-electron chi connectivity index (χ1n) is 3.93. The molecular formula is C10H8N2S. The van der Waals surface area contributed by atoms with Crippen LogP contribution in [0.25, 0.3) is 5.57 Å². The number of nitrogen functional groups attached to an aromatic ring is 1. The number of allylic oxidation sites excluding steroid dienone is 4. The molecule has 0 fully saturated rings. The quantitative estimate of drug-likeness (QED) is 0.685. The summed E-state index contributed by atoms with van der Waals surface area (Å²) in [6.07, 6.45) is 6.53. The second-order valence-corrected chi connectivity index (χ2v) is 3.50. The zero-order chi connectivity index (χ0) is 9.10. The van der Waals surface area contributed by atoms with Crippen LogP contribution in [0.5, 0.6) is 0 Å². The van der Waals surface area contributed by atoms with Crippen molar-refractivity contribution in [3.63, 3.8) is 0 Å². The molecule has 0 saturated heterocycles. The summed E-state index contributed by atoms with van der Waals surface area (Å²) < 4.78 is 4.23. The van der Waals surface area contributed by atoms with E-state index in [-0.39, 0.29) is 0 Å². The van der Waals surface area contributed by atoms with Crippen molar-refractivity contribution in [2.75, 3.05) is 5.73 Å². The Hall–Kier alpha value is -1.53. The topological polar surface area (TPSA) is 38.9 Å². The van der Waals surface area contributed by atoms with Crippen LogP contribution in [0.1, 0.15) is 12.1 Å². The van der Waals surface area contributed by atoms with Crippen LogP contribution in [0.2, 0.25) is 0 Å². The molecule has 1 heterocycles. The number of nitrogens with two attached hydrogens (primary N) is 1. The van der Waals surface area contributed by atoms with Crippen LogP contribution in [0.4, 0.5) is 5.00 Å². The number of rotatable bonds is 1. The Morgan fingerprint density at radius 3 is 3.23 bits per heavy atom. The number of nitrogens with zero attached hydrogens (tertiary/aromatic N) is 1. The molecule has 0 atom stereocenters. The van der Waals surface area contributed by atoms with Crippen LogP contribution in [0.3, 0.4) is 0 Å². The van der Waals surface area contributed by atoms with E-state index in [1.165, 1.54) is 11.5 Å². The molecule has 2 nitrogen and oxygen atoms in total. The highest BCUT2D eigenvalue weighted by atomic mass is 32.1. The number of aromatic nitrogens is 1. The molecule has 1 aliphatic carbocycles. The third-order valence-corrected chi connectivity index (χ3v) is 2.33. The van der Waals surface area contributed by atoms with Crippen molar-refractivity contribution in [1.82, 2.24) is 4.37 Å². The highest BCUT2D eigenvalue weighted by Gasteiger charge is 2.04. The summed E-state index contributed by atoms with van der Waals surface area (Å²) in [5.41, 5.74) is 7.68. The normalized spacial score (nSPS) is 14.3. The highest BCUT2D eigenvalue weighted by Crippen LogP contribution is 2.22. The fraction of sp³-hybridized carbons (Fsp3) is 0.100. The van der Waals surface area contributed by atoms with Crippen molar-refractivity contribution >= 4 is 22.1 Å². The van der Waals surface area contributed by atoms with Gasteiger partial charge in [0.1, 0.15) is 5.00 Å². The molecule has 0 unspecified atom stereocenters. The summed E-state index contributed by atoms with van der Waals surface area (Å²) in [5.74, 6) is 5.94. The molecule has 2 N–H and O–H groups in total. The molecule has 0 saturated carbocycles. The minimum Gasteiger partial charge on any atom is -0.389 e. The minimum absolute atomic E-state index is 0.746. The van der Waals surface area contributed by atoms with Crippen molar-refractivity contribution in [2.24, 2.45) is 0 Å². The summed E-state index contributed by atoms with van der Waals surface area (Å²) >= 11 is 1.32. The summed E-state index contributed by atoms with van der Waals surface area (Å²) in [5, 5.41) is 0.747. The third kappa shape index (κ3) is 1.79. The maximum absolute atomic E-state index is 5.60. The van der Waals surface area contributed by atoms with Crippen molar-refractivity contribution in [1.29, 1.82) is 0 Å². The minimum atomic E-state index is 0.746. The van der Waals surface area contributed by atoms with Gasteiger partial charge >= 0.3 is 0 Å². The summed E-state index contributed by atoms with van der Waals surface area (Å²) in [7, 11) is 0. The summed E-state index contributed by atoms with van der Waals surface area (Å²) in [4.78, 5) is 0. The Morgan fingerprint density at radius 1 is 1.54 bits per heavy atom. The average Bonchev–Trinajstić information content (AvgIpc) is 2.43. The molecule has 0 radical (unpaired) electrons. The molecule has 3 heteroatoms. The Bertz CT molecular complexity index is 429. The molecule has 0 aromatic carbocycles. The van der Waals surface area contributed by atoms with Gasteiger partial charge in [-0.1, -0.05) is 24.0 Å². The lowest BCUT2D eigenvalue weighted by Crippen LogP contribution is -1.82. The Kier molecular flexibility index (Phi) is 2.15. The molecule has 2 rings (SSSR count). The first kappa shape index (κ1) is 8.09. The predicted molar refractivity (Wildman–Crippen MR) is 56.0 cm³/mol. The molecule has 64 valence electrons. The molecule has 0 bridgehead atoms. The lowest BCUT2D eigenvalue weighted by atomic mass is 10.1. The first-order valence-corrected chi connectivity index (χ1v) is 4.70. The van der Waals surface area contributed by atoms with Crippen molar-refractivity contribution < 1.29 is 0 Å². The van der Waals surface area contributed by atoms with E-state index in [4.69, 9.17) is 5.73 Å². The number of anilines is 1. The Balaban J connectivity index is 2.33. The van der Waals surface area contributed by atoms with Gasteiger partial charge in [0.05, 0.1) is 5.69 Å². The molecule has 1 aromatic rings. The van der Waals surface area contributed by atoms with Crippen LogP contribution in [0.15, 0.2) is 24.3 Å². The highest BCUT2D eigenvalue weighted by molar-refractivity contribution is 7.10. The van der Waals surface area contributed by atoms with Gasteiger partial charge in [0.2, 0.25) is 0 Å². The lowest BCUT2D eigenvalue weighted by molar-refractivity contribution is 1.38. The van der Waals surface area contributed by atoms with E-state index in [1.54, 1.807) is 0 Å². The molecule has 1 aromatic heterocycles. The number of hydrogen-bond acceptors (Lipinski definition) is 3. The van der Waals surface area contributed by atoms with E-state index < -0.39 is 0 Å². The zero-order valence-electron chi connectivity index (χ0n) is 6.95. The van der Waals surface area contributed by atoms with Gasteiger partial charge in [-0.2, -0.15) is 4.37 Å². The van der Waals surface area contributed by atoms with E-state index >= 15 is 0 Å². The maximum atomic E-state index is 5.60. The van der Waals surface area contributed by atoms with Crippen LogP contribution in [0, 0.1) is 11.8 Å². The monoisotopic (exact) mass is 188 g/mol. The van der Waals surface area contributed by atoms with Crippen LogP contribution >= 0.6 is 11.5 Å². The van der Waals surface area contributed by atoms with Gasteiger partial charge in [-0.25, -0.2) is 0 Å². The summed E-state index contributed by atoms with van der Waals surface area (Å²) in [6, 6.07) is 1.89. The average molecular weight is 188 g/mol. The first-order chi connectivity index (χ1) is 6.36. The van der Waals surface area contributed by atoms with Gasteiger partial charge in [-0.15, -0.1) is 0 Å². The van der Waals surface area contributed by atoms with Crippen LogP contribution in [-0.2, 0) is 0 Å². The number of hydrogen-bond donors (Lipinski definition) is 1. The fourth-order valence-electron chi connectivity index (χ4n) is 1.09. The molecular weight excluding hydrogens is 180 g/mol. The second-order valence-electron chi connectivity index (χ2n) is 2.66. The molecule has 1 aliphatic rings. The predicted octanol–water partition coefficient (Wildman–Crippen LogP) is 2.07. The Morgan fingerprint density at radius 2 is 2.46 bits per heavy atom. The smallest absolute Gasteiger partial charge is 0.107 e. The van der Waals surface area contributed by atoms with Crippen molar-refractivity contribution in [2.45, 2.75) is 6.42 Å². The van der Waals surface area contributed by atoms with E-state index in [2.05, 4.69) is 16.2 Å². The zero-order valence-corrected chi connectivity index (χ0v) is 7.77. The van der Waals surface area contributed by atoms with E-state index in [0.717, 1.165) is 22.7 Å². The molecule has 0 aliphatic heterocycles. The van der Waals surface area contributed by atoms with Crippen LogP contribution in [-0.4, -0.2) is 4.37 Å². The summed E-state index contributed by atoms with van der Waals surface area (Å²) in [6.45, 7) is 0. The van der Waals surface area contributed by atoms with Gasteiger partial charge in [0, 0.05) is 6.42 Å². The van der Waals surface area contributed by atoms with E-state index in [9.17, 15) is 0 Å². The van der Waals surface area contributed by atoms with E-state index in [1.807, 2.05) is 24.3 Å². The maximum Gasteiger partial charge on any atom is 0.107 e. The third-order valence-electron chi connectivity index (χ3n) is 1.72. The van der Waals surface area contributed by atoms with E-state index in [0.29, 0.717) is 0 Å². The van der Waals surface area contributed by atoms with Gasteiger partial charge in [0.15, 0.2) is 0 Å². The standard InChI is InChI=1S/C10H8N2S/c11-10-7-9(12-13-10)8-5-3-1-2-4-6-8/h1,3,5,7H,6,11H2. The molecule has 0 amide bonds. The fourth-order valence-corrected chi connectivity index (χ4v) is 1.63. The van der Waals surface area contributed by atoms with Crippen molar-refractivity contribution in [3.05, 3.63) is 30.0 Å². The Labute approximate surface area is 80.9 Å². The molecule has 13 heavy (non-hydrogen) atoms.